The molecule has 6 nitrogen and oxygen atoms in total. The number of aryl methyl sites for hydroxylation is 1. The Morgan fingerprint density at radius 3 is 2.44 bits per heavy atom. The molecule has 1 aromatic rings. The molecule has 136 valence electrons. The van der Waals surface area contributed by atoms with E-state index in [-0.39, 0.29) is 30.6 Å². The summed E-state index contributed by atoms with van der Waals surface area (Å²) < 4.78 is 11.5. The lowest BCUT2D eigenvalue weighted by atomic mass is 9.93. The zero-order valence-electron chi connectivity index (χ0n) is 15.3. The van der Waals surface area contributed by atoms with E-state index < -0.39 is 12.1 Å². The zero-order valence-corrected chi connectivity index (χ0v) is 15.3. The molecule has 2 heterocycles. The Balaban J connectivity index is 1.91. The Morgan fingerprint density at radius 2 is 1.80 bits per heavy atom. The highest BCUT2D eigenvalue weighted by Crippen LogP contribution is 2.32. The summed E-state index contributed by atoms with van der Waals surface area (Å²) in [5.74, 6) is -0.185. The summed E-state index contributed by atoms with van der Waals surface area (Å²) in [6, 6.07) is 7.41. The summed E-state index contributed by atoms with van der Waals surface area (Å²) in [5, 5.41) is 0. The van der Waals surface area contributed by atoms with E-state index in [1.165, 1.54) is 0 Å². The number of nitrogens with zero attached hydrogens (tertiary/aromatic N) is 2. The lowest BCUT2D eigenvalue weighted by Gasteiger charge is -2.43. The number of morpholine rings is 2. The van der Waals surface area contributed by atoms with Crippen LogP contribution in [0.2, 0.25) is 0 Å². The van der Waals surface area contributed by atoms with Gasteiger partial charge < -0.3 is 19.3 Å². The van der Waals surface area contributed by atoms with Gasteiger partial charge in [0, 0.05) is 20.1 Å². The maximum Gasteiger partial charge on any atom is 0.254 e. The van der Waals surface area contributed by atoms with Crippen LogP contribution in [0.25, 0.3) is 0 Å². The monoisotopic (exact) mass is 346 g/mol. The predicted octanol–water partition coefficient (Wildman–Crippen LogP) is 1.53. The van der Waals surface area contributed by atoms with Gasteiger partial charge in [-0.3, -0.25) is 9.59 Å². The maximum atomic E-state index is 13.2. The topological polar surface area (TPSA) is 59.1 Å². The fourth-order valence-corrected chi connectivity index (χ4v) is 3.75. The number of carbonyl (C=O) groups excluding carboxylic acids is 2. The molecule has 4 atom stereocenters. The Labute approximate surface area is 148 Å². The van der Waals surface area contributed by atoms with Crippen molar-refractivity contribution in [3.05, 3.63) is 35.4 Å². The van der Waals surface area contributed by atoms with Crippen molar-refractivity contribution in [1.29, 1.82) is 0 Å². The molecular formula is C19H26N2O4. The Hall–Kier alpha value is -1.92. The smallest absolute Gasteiger partial charge is 0.254 e. The van der Waals surface area contributed by atoms with Crippen LogP contribution in [-0.2, 0) is 19.1 Å². The van der Waals surface area contributed by atoms with E-state index in [1.807, 2.05) is 45.0 Å². The van der Waals surface area contributed by atoms with Crippen molar-refractivity contribution in [2.45, 2.75) is 45.1 Å². The maximum absolute atomic E-state index is 13.2. The quantitative estimate of drug-likeness (QED) is 0.815. The number of ether oxygens (including phenoxy) is 2. The average Bonchev–Trinajstić information content (AvgIpc) is 2.56. The molecule has 0 aromatic heterocycles. The molecule has 2 amide bonds. The number of amides is 2. The second-order valence-electron chi connectivity index (χ2n) is 7.04. The van der Waals surface area contributed by atoms with Crippen LogP contribution in [0.5, 0.6) is 0 Å². The molecule has 2 aliphatic rings. The van der Waals surface area contributed by atoms with Crippen LogP contribution in [0, 0.1) is 6.92 Å². The number of hydrogen-bond acceptors (Lipinski definition) is 4. The van der Waals surface area contributed by atoms with Gasteiger partial charge in [-0.15, -0.1) is 0 Å². The number of carbonyl (C=O) groups is 2. The van der Waals surface area contributed by atoms with Crippen molar-refractivity contribution in [2.75, 3.05) is 26.7 Å². The van der Waals surface area contributed by atoms with Crippen molar-refractivity contribution >= 4 is 11.8 Å². The molecule has 0 aliphatic carbocycles. The highest BCUT2D eigenvalue weighted by molar-refractivity contribution is 5.86. The predicted molar refractivity (Wildman–Crippen MR) is 93.0 cm³/mol. The van der Waals surface area contributed by atoms with Crippen LogP contribution in [0.4, 0.5) is 0 Å². The number of rotatable bonds is 2. The molecule has 2 fully saturated rings. The second-order valence-corrected chi connectivity index (χ2v) is 7.04. The fourth-order valence-electron chi connectivity index (χ4n) is 3.75. The molecule has 0 radical (unpaired) electrons. The lowest BCUT2D eigenvalue weighted by Crippen LogP contribution is -2.57. The van der Waals surface area contributed by atoms with Crippen LogP contribution in [0.15, 0.2) is 24.3 Å². The summed E-state index contributed by atoms with van der Waals surface area (Å²) >= 11 is 0. The summed E-state index contributed by atoms with van der Waals surface area (Å²) in [7, 11) is 1.74. The first-order valence-corrected chi connectivity index (χ1v) is 8.75. The van der Waals surface area contributed by atoms with Gasteiger partial charge in [0.1, 0.15) is 6.61 Å². The third-order valence-corrected chi connectivity index (χ3v) is 4.97. The highest BCUT2D eigenvalue weighted by Gasteiger charge is 2.43. The van der Waals surface area contributed by atoms with Crippen molar-refractivity contribution in [3.8, 4) is 0 Å². The second kappa shape index (κ2) is 7.14. The molecule has 1 aromatic carbocycles. The molecule has 2 aliphatic heterocycles. The molecule has 2 saturated heterocycles. The Kier molecular flexibility index (Phi) is 5.11. The third kappa shape index (κ3) is 3.55. The number of benzene rings is 1. The molecule has 25 heavy (non-hydrogen) atoms. The molecule has 0 saturated carbocycles. The molecule has 0 bridgehead atoms. The van der Waals surface area contributed by atoms with E-state index in [2.05, 4.69) is 0 Å². The normalized spacial score (nSPS) is 30.5. The van der Waals surface area contributed by atoms with Gasteiger partial charge in [0.2, 0.25) is 5.91 Å². The first-order chi connectivity index (χ1) is 11.9. The number of hydrogen-bond donors (Lipinski definition) is 0. The minimum Gasteiger partial charge on any atom is -0.372 e. The molecule has 6 heteroatoms. The minimum atomic E-state index is -0.693. The van der Waals surface area contributed by atoms with Gasteiger partial charge in [0.15, 0.2) is 6.10 Å². The van der Waals surface area contributed by atoms with Crippen molar-refractivity contribution < 1.29 is 19.1 Å². The summed E-state index contributed by atoms with van der Waals surface area (Å²) in [6.45, 7) is 6.94. The molecule has 0 spiro atoms. The van der Waals surface area contributed by atoms with Gasteiger partial charge in [-0.1, -0.05) is 24.3 Å². The minimum absolute atomic E-state index is 0.00689. The SMILES string of the molecule is Cc1ccccc1C1C(C(=O)N2CC(C)OC(C)C2)OCC(=O)N1C. The average molecular weight is 346 g/mol. The molecule has 3 rings (SSSR count). The van der Waals surface area contributed by atoms with Crippen LogP contribution in [0.3, 0.4) is 0 Å². The molecule has 4 unspecified atom stereocenters. The van der Waals surface area contributed by atoms with Crippen LogP contribution < -0.4 is 0 Å². The van der Waals surface area contributed by atoms with Gasteiger partial charge >= 0.3 is 0 Å². The van der Waals surface area contributed by atoms with E-state index in [0.29, 0.717) is 13.1 Å². The van der Waals surface area contributed by atoms with Gasteiger partial charge in [-0.2, -0.15) is 0 Å². The largest absolute Gasteiger partial charge is 0.372 e. The fraction of sp³-hybridized carbons (Fsp3) is 0.579. The van der Waals surface area contributed by atoms with Gasteiger partial charge in [0.05, 0.1) is 18.2 Å². The van der Waals surface area contributed by atoms with E-state index in [1.54, 1.807) is 16.8 Å². The van der Waals surface area contributed by atoms with E-state index >= 15 is 0 Å². The van der Waals surface area contributed by atoms with E-state index in [9.17, 15) is 9.59 Å². The lowest BCUT2D eigenvalue weighted by molar-refractivity contribution is -0.173. The Morgan fingerprint density at radius 1 is 1.16 bits per heavy atom. The summed E-state index contributed by atoms with van der Waals surface area (Å²) in [6.07, 6.45) is -0.707. The van der Waals surface area contributed by atoms with Crippen molar-refractivity contribution in [2.24, 2.45) is 0 Å². The van der Waals surface area contributed by atoms with Crippen LogP contribution >= 0.6 is 0 Å². The zero-order chi connectivity index (χ0) is 18.1. The van der Waals surface area contributed by atoms with Gasteiger partial charge in [-0.25, -0.2) is 0 Å². The summed E-state index contributed by atoms with van der Waals surface area (Å²) in [4.78, 5) is 28.8. The van der Waals surface area contributed by atoms with Crippen LogP contribution in [-0.4, -0.2) is 66.7 Å². The highest BCUT2D eigenvalue weighted by atomic mass is 16.5. The van der Waals surface area contributed by atoms with Crippen LogP contribution in [0.1, 0.15) is 31.0 Å². The first-order valence-electron chi connectivity index (χ1n) is 8.75. The third-order valence-electron chi connectivity index (χ3n) is 4.97. The van der Waals surface area contributed by atoms with E-state index in [4.69, 9.17) is 9.47 Å². The van der Waals surface area contributed by atoms with Crippen molar-refractivity contribution in [1.82, 2.24) is 9.80 Å². The van der Waals surface area contributed by atoms with Gasteiger partial charge in [-0.05, 0) is 31.9 Å². The molecule has 0 N–H and O–H groups in total. The van der Waals surface area contributed by atoms with Crippen molar-refractivity contribution in [3.63, 3.8) is 0 Å². The molecular weight excluding hydrogens is 320 g/mol. The summed E-state index contributed by atoms with van der Waals surface area (Å²) in [5.41, 5.74) is 1.99. The first kappa shape index (κ1) is 17.9. The van der Waals surface area contributed by atoms with E-state index in [0.717, 1.165) is 11.1 Å². The standard InChI is InChI=1S/C19H26N2O4/c1-12-7-5-6-8-15(12)17-18(24-11-16(22)20(17)4)19(23)21-9-13(2)25-14(3)10-21/h5-8,13-14,17-18H,9-11H2,1-4H3. The van der Waals surface area contributed by atoms with Gasteiger partial charge in [0.25, 0.3) is 5.91 Å². The number of likely N-dealkylation sites (N-methyl/N-ethyl adjacent to an activating group) is 1. The Bertz CT molecular complexity index is 653.